The summed E-state index contributed by atoms with van der Waals surface area (Å²) in [5.41, 5.74) is 4.42. The van der Waals surface area contributed by atoms with Crippen molar-refractivity contribution in [1.29, 1.82) is 0 Å². The molecule has 15 nitrogen and oxygen atoms in total. The van der Waals surface area contributed by atoms with Crippen molar-refractivity contribution in [2.75, 3.05) is 39.0 Å². The molecule has 18 heteroatoms. The second kappa shape index (κ2) is 13.2. The fourth-order valence-electron chi connectivity index (χ4n) is 3.30. The fourth-order valence-corrected chi connectivity index (χ4v) is 5.18. The van der Waals surface area contributed by atoms with Gasteiger partial charge in [0.15, 0.2) is 10.8 Å². The summed E-state index contributed by atoms with van der Waals surface area (Å²) in [7, 11) is 2.97. The standard InChI is InChI=1S/C22H28N6O9S2.ClH/c1-22(2,3)19(32)37-9-36-18(31)14-10(6-35-21(33)27(4)5)7-38-17-13(16(30)28(14)17)25-15(29)12(26-34)11-8-39-20(23)24-11;/h8,13,17,34H,6-7,9H2,1-5H3,(H2,23,24)(H,25,29);1H/t13?,17-;/m1./s1. The summed E-state index contributed by atoms with van der Waals surface area (Å²) < 4.78 is 15.3. The summed E-state index contributed by atoms with van der Waals surface area (Å²) in [6.45, 7) is 3.88. The zero-order chi connectivity index (χ0) is 29.1. The van der Waals surface area contributed by atoms with Crippen molar-refractivity contribution in [2.24, 2.45) is 10.6 Å². The van der Waals surface area contributed by atoms with Gasteiger partial charge in [-0.3, -0.25) is 19.3 Å². The molecule has 0 bridgehead atoms. The Labute approximate surface area is 243 Å². The maximum absolute atomic E-state index is 13.1. The zero-order valence-electron chi connectivity index (χ0n) is 22.2. The van der Waals surface area contributed by atoms with E-state index in [0.29, 0.717) is 0 Å². The Morgan fingerprint density at radius 1 is 1.25 bits per heavy atom. The lowest BCUT2D eigenvalue weighted by Crippen LogP contribution is -2.71. The number of aromatic nitrogens is 1. The predicted molar refractivity (Wildman–Crippen MR) is 146 cm³/mol. The molecular formula is C22H29ClN6O9S2. The number of nitrogen functional groups attached to an aromatic ring is 1. The van der Waals surface area contributed by atoms with Crippen LogP contribution in [-0.4, -0.2) is 100 Å². The van der Waals surface area contributed by atoms with E-state index in [1.165, 1.54) is 36.1 Å². The number of nitrogens with one attached hydrogen (secondary N) is 1. The number of oxime groups is 1. The molecule has 3 amide bonds. The highest BCUT2D eigenvalue weighted by Crippen LogP contribution is 2.41. The Hall–Kier alpha value is -3.57. The molecule has 4 N–H and O–H groups in total. The van der Waals surface area contributed by atoms with Gasteiger partial charge in [0.2, 0.25) is 6.79 Å². The van der Waals surface area contributed by atoms with Crippen molar-refractivity contribution >= 4 is 76.2 Å². The third-order valence-corrected chi connectivity index (χ3v) is 7.35. The van der Waals surface area contributed by atoms with Gasteiger partial charge >= 0.3 is 18.0 Å². The number of ether oxygens (including phenoxy) is 3. The van der Waals surface area contributed by atoms with Crippen molar-refractivity contribution in [3.63, 3.8) is 0 Å². The monoisotopic (exact) mass is 620 g/mol. The number of thioether (sulfide) groups is 1. The number of hydrogen-bond donors (Lipinski definition) is 3. The lowest BCUT2D eigenvalue weighted by atomic mass is 9.98. The van der Waals surface area contributed by atoms with Gasteiger partial charge in [0.25, 0.3) is 11.8 Å². The molecule has 0 radical (unpaired) electrons. The van der Waals surface area contributed by atoms with Gasteiger partial charge in [0, 0.05) is 30.8 Å². The number of halogens is 1. The van der Waals surface area contributed by atoms with Crippen LogP contribution in [0.15, 0.2) is 21.8 Å². The van der Waals surface area contributed by atoms with E-state index in [4.69, 9.17) is 19.9 Å². The highest BCUT2D eigenvalue weighted by molar-refractivity contribution is 8.00. The van der Waals surface area contributed by atoms with Gasteiger partial charge in [-0.15, -0.1) is 35.5 Å². The number of hydrogen-bond acceptors (Lipinski definition) is 14. The largest absolute Gasteiger partial charge is 0.445 e. The number of carbonyl (C=O) groups is 5. The minimum absolute atomic E-state index is 0. The Morgan fingerprint density at radius 2 is 1.93 bits per heavy atom. The van der Waals surface area contributed by atoms with E-state index in [2.05, 4.69) is 15.5 Å². The molecule has 1 unspecified atom stereocenters. The quantitative estimate of drug-likeness (QED) is 0.0921. The fraction of sp³-hybridized carbons (Fsp3) is 0.500. The molecule has 0 spiro atoms. The predicted octanol–water partition coefficient (Wildman–Crippen LogP) is 0.768. The summed E-state index contributed by atoms with van der Waals surface area (Å²) in [5, 5.41) is 15.6. The van der Waals surface area contributed by atoms with Gasteiger partial charge in [-0.05, 0) is 20.8 Å². The number of carbonyl (C=O) groups excluding carboxylic acids is 5. The molecule has 0 aromatic carbocycles. The van der Waals surface area contributed by atoms with E-state index in [0.717, 1.165) is 16.2 Å². The van der Waals surface area contributed by atoms with E-state index < -0.39 is 59.2 Å². The SMILES string of the molecule is CN(C)C(=O)OCC1=C(C(=O)OCOC(=O)C(C)(C)C)N2C(=O)C(NC(=O)C(=NO)c3csc(N)n3)[C@H]2SC1.Cl. The van der Waals surface area contributed by atoms with Crippen LogP contribution in [0.2, 0.25) is 0 Å². The smallest absolute Gasteiger partial charge is 0.409 e. The third kappa shape index (κ3) is 7.14. The summed E-state index contributed by atoms with van der Waals surface area (Å²) in [4.78, 5) is 69.1. The highest BCUT2D eigenvalue weighted by atomic mass is 35.5. The van der Waals surface area contributed by atoms with E-state index in [1.54, 1.807) is 20.8 Å². The van der Waals surface area contributed by atoms with Crippen LogP contribution >= 0.6 is 35.5 Å². The number of esters is 2. The van der Waals surface area contributed by atoms with Crippen LogP contribution in [0.4, 0.5) is 9.93 Å². The Bertz CT molecular complexity index is 1240. The van der Waals surface area contributed by atoms with Gasteiger partial charge in [-0.2, -0.15) is 0 Å². The number of thiazole rings is 1. The summed E-state index contributed by atoms with van der Waals surface area (Å²) in [5.74, 6) is -2.98. The van der Waals surface area contributed by atoms with Crippen molar-refractivity contribution < 1.29 is 43.4 Å². The van der Waals surface area contributed by atoms with Crippen LogP contribution in [0.5, 0.6) is 0 Å². The minimum Gasteiger partial charge on any atom is -0.445 e. The lowest BCUT2D eigenvalue weighted by Gasteiger charge is -2.49. The number of nitrogens with two attached hydrogens (primary N) is 1. The Morgan fingerprint density at radius 3 is 2.48 bits per heavy atom. The van der Waals surface area contributed by atoms with Gasteiger partial charge < -0.3 is 35.4 Å². The normalized spacial score (nSPS) is 18.6. The van der Waals surface area contributed by atoms with E-state index >= 15 is 0 Å². The summed E-state index contributed by atoms with van der Waals surface area (Å²) in [6, 6.07) is -1.08. The molecule has 1 aromatic rings. The molecule has 220 valence electrons. The Balaban J connectivity index is 0.00000560. The first kappa shape index (κ1) is 32.6. The van der Waals surface area contributed by atoms with Crippen LogP contribution in [0.25, 0.3) is 0 Å². The Kier molecular flexibility index (Phi) is 10.8. The highest BCUT2D eigenvalue weighted by Gasteiger charge is 2.55. The van der Waals surface area contributed by atoms with Crippen molar-refractivity contribution in [1.82, 2.24) is 20.1 Å². The number of β-lactam (4-membered cyclic amide) rings is 1. The van der Waals surface area contributed by atoms with E-state index in [9.17, 15) is 29.2 Å². The molecule has 3 rings (SSSR count). The van der Waals surface area contributed by atoms with Gasteiger partial charge in [0.1, 0.15) is 29.4 Å². The molecule has 1 saturated heterocycles. The number of anilines is 1. The first-order chi connectivity index (χ1) is 18.3. The molecule has 3 heterocycles. The van der Waals surface area contributed by atoms with Gasteiger partial charge in [0.05, 0.1) is 5.41 Å². The van der Waals surface area contributed by atoms with E-state index in [1.807, 2.05) is 0 Å². The van der Waals surface area contributed by atoms with Gasteiger partial charge in [-0.25, -0.2) is 14.6 Å². The number of amides is 3. The summed E-state index contributed by atoms with van der Waals surface area (Å²) >= 11 is 2.24. The minimum atomic E-state index is -1.08. The molecule has 2 aliphatic heterocycles. The third-order valence-electron chi connectivity index (χ3n) is 5.33. The van der Waals surface area contributed by atoms with Crippen LogP contribution in [0, 0.1) is 5.41 Å². The maximum Gasteiger partial charge on any atom is 0.409 e. The molecule has 40 heavy (non-hydrogen) atoms. The zero-order valence-corrected chi connectivity index (χ0v) is 24.6. The maximum atomic E-state index is 13.1. The number of nitrogens with zero attached hydrogens (tertiary/aromatic N) is 4. The second-order valence-corrected chi connectivity index (χ2v) is 11.5. The lowest BCUT2D eigenvalue weighted by molar-refractivity contribution is -0.173. The molecule has 0 saturated carbocycles. The van der Waals surface area contributed by atoms with Crippen molar-refractivity contribution in [2.45, 2.75) is 32.2 Å². The summed E-state index contributed by atoms with van der Waals surface area (Å²) in [6.07, 6.45) is -0.667. The van der Waals surface area contributed by atoms with Crippen molar-refractivity contribution in [3.8, 4) is 0 Å². The first-order valence-corrected chi connectivity index (χ1v) is 13.3. The molecular weight excluding hydrogens is 592 g/mol. The van der Waals surface area contributed by atoms with Crippen LogP contribution < -0.4 is 11.1 Å². The molecule has 2 aliphatic rings. The number of rotatable bonds is 8. The molecule has 0 aliphatic carbocycles. The molecule has 1 fully saturated rings. The van der Waals surface area contributed by atoms with Crippen LogP contribution in [0.1, 0.15) is 26.5 Å². The molecule has 1 aromatic heterocycles. The van der Waals surface area contributed by atoms with Crippen LogP contribution in [-0.2, 0) is 33.4 Å². The van der Waals surface area contributed by atoms with E-state index in [-0.39, 0.29) is 46.9 Å². The van der Waals surface area contributed by atoms with Crippen molar-refractivity contribution in [3.05, 3.63) is 22.3 Å². The number of fused-ring (bicyclic) bond motifs is 1. The van der Waals surface area contributed by atoms with Gasteiger partial charge in [-0.1, -0.05) is 5.16 Å². The second-order valence-electron chi connectivity index (χ2n) is 9.51. The van der Waals surface area contributed by atoms with Crippen LogP contribution in [0.3, 0.4) is 0 Å². The average molecular weight is 621 g/mol. The average Bonchev–Trinajstić information content (AvgIpc) is 3.30. The molecule has 2 atom stereocenters. The first-order valence-electron chi connectivity index (χ1n) is 11.4. The topological polar surface area (TPSA) is 203 Å².